The van der Waals surface area contributed by atoms with Crippen molar-refractivity contribution in [1.82, 2.24) is 9.97 Å². The Balaban J connectivity index is 2.12. The summed E-state index contributed by atoms with van der Waals surface area (Å²) in [6.45, 7) is 2.77. The van der Waals surface area contributed by atoms with Crippen LogP contribution in [-0.4, -0.2) is 41.7 Å². The van der Waals surface area contributed by atoms with Gasteiger partial charge in [-0.1, -0.05) is 0 Å². The molecule has 2 heterocycles. The smallest absolute Gasteiger partial charge is 0.246 e. The molecule has 1 aromatic rings. The lowest BCUT2D eigenvalue weighted by Gasteiger charge is -2.31. The van der Waals surface area contributed by atoms with Crippen LogP contribution in [0.1, 0.15) is 18.5 Å². The van der Waals surface area contributed by atoms with E-state index in [1.165, 1.54) is 7.11 Å². The predicted molar refractivity (Wildman–Crippen MR) is 68.9 cm³/mol. The van der Waals surface area contributed by atoms with Crippen LogP contribution in [0.4, 0.5) is 5.95 Å². The molecule has 0 aromatic carbocycles. The van der Waals surface area contributed by atoms with Crippen molar-refractivity contribution in [2.45, 2.75) is 25.3 Å². The average Bonchev–Trinajstić information content (AvgIpc) is 2.38. The first-order valence-electron chi connectivity index (χ1n) is 6.11. The lowest BCUT2D eigenvalue weighted by atomic mass is 9.90. The van der Waals surface area contributed by atoms with E-state index in [1.807, 2.05) is 0 Å². The van der Waals surface area contributed by atoms with Gasteiger partial charge >= 0.3 is 0 Å². The van der Waals surface area contributed by atoms with Crippen LogP contribution in [0, 0.1) is 6.92 Å². The summed E-state index contributed by atoms with van der Waals surface area (Å²) in [5.41, 5.74) is 5.87. The molecule has 7 heteroatoms. The third kappa shape index (κ3) is 3.18. The molecule has 1 saturated heterocycles. The molecule has 19 heavy (non-hydrogen) atoms. The third-order valence-electron chi connectivity index (χ3n) is 3.10. The molecule has 1 amide bonds. The summed E-state index contributed by atoms with van der Waals surface area (Å²) in [4.78, 5) is 20.4. The van der Waals surface area contributed by atoms with Crippen molar-refractivity contribution < 1.29 is 14.3 Å². The fourth-order valence-corrected chi connectivity index (χ4v) is 1.89. The van der Waals surface area contributed by atoms with Gasteiger partial charge in [0.2, 0.25) is 17.7 Å². The van der Waals surface area contributed by atoms with Crippen molar-refractivity contribution >= 4 is 11.9 Å². The van der Waals surface area contributed by atoms with Gasteiger partial charge in [0, 0.05) is 25.0 Å². The molecule has 104 valence electrons. The number of aromatic nitrogens is 2. The maximum atomic E-state index is 12.2. The molecule has 2 rings (SSSR count). The highest BCUT2D eigenvalue weighted by Gasteiger charge is 2.36. The summed E-state index contributed by atoms with van der Waals surface area (Å²) in [6, 6.07) is 1.68. The molecule has 1 aromatic heterocycles. The van der Waals surface area contributed by atoms with Gasteiger partial charge in [0.25, 0.3) is 0 Å². The van der Waals surface area contributed by atoms with Gasteiger partial charge in [-0.3, -0.25) is 10.1 Å². The Morgan fingerprint density at radius 3 is 2.79 bits per heavy atom. The highest BCUT2D eigenvalue weighted by Crippen LogP contribution is 2.20. The molecule has 1 aliphatic heterocycles. The number of rotatable bonds is 3. The summed E-state index contributed by atoms with van der Waals surface area (Å²) in [7, 11) is 1.51. The minimum absolute atomic E-state index is 0.207. The first-order chi connectivity index (χ1) is 9.03. The van der Waals surface area contributed by atoms with E-state index in [9.17, 15) is 4.79 Å². The molecule has 0 bridgehead atoms. The number of nitrogens with zero attached hydrogens (tertiary/aromatic N) is 2. The topological polar surface area (TPSA) is 99.4 Å². The molecule has 0 atom stereocenters. The Hall–Kier alpha value is -1.73. The average molecular weight is 266 g/mol. The molecule has 3 N–H and O–H groups in total. The van der Waals surface area contributed by atoms with Gasteiger partial charge < -0.3 is 15.2 Å². The first-order valence-corrected chi connectivity index (χ1v) is 6.11. The Labute approximate surface area is 111 Å². The summed E-state index contributed by atoms with van der Waals surface area (Å²) in [6.07, 6.45) is 0.976. The highest BCUT2D eigenvalue weighted by atomic mass is 16.5. The van der Waals surface area contributed by atoms with Gasteiger partial charge in [0.1, 0.15) is 5.54 Å². The molecule has 1 aliphatic rings. The first kappa shape index (κ1) is 13.7. The van der Waals surface area contributed by atoms with E-state index in [0.29, 0.717) is 37.6 Å². The zero-order chi connectivity index (χ0) is 13.9. The van der Waals surface area contributed by atoms with Crippen LogP contribution in [0.5, 0.6) is 5.88 Å². The number of methoxy groups -OCH3 is 1. The van der Waals surface area contributed by atoms with E-state index in [0.717, 1.165) is 0 Å². The number of nitrogens with two attached hydrogens (primary N) is 1. The van der Waals surface area contributed by atoms with E-state index < -0.39 is 5.54 Å². The Bertz CT molecular complexity index is 472. The standard InChI is InChI=1S/C12H18N4O3/c1-8-7-9(18-2)15-11(14-8)16-10(17)12(13)3-5-19-6-4-12/h7H,3-6,13H2,1-2H3,(H,14,15,16,17). The number of carbonyl (C=O) groups excluding carboxylic acids is 1. The number of amides is 1. The highest BCUT2D eigenvalue weighted by molar-refractivity contribution is 5.96. The van der Waals surface area contributed by atoms with Crippen molar-refractivity contribution in [3.8, 4) is 5.88 Å². The maximum absolute atomic E-state index is 12.2. The number of aryl methyl sites for hydroxylation is 1. The zero-order valence-corrected chi connectivity index (χ0v) is 11.1. The monoisotopic (exact) mass is 266 g/mol. The zero-order valence-electron chi connectivity index (χ0n) is 11.1. The molecule has 7 nitrogen and oxygen atoms in total. The van der Waals surface area contributed by atoms with E-state index in [2.05, 4.69) is 15.3 Å². The third-order valence-corrected chi connectivity index (χ3v) is 3.10. The molecule has 0 radical (unpaired) electrons. The van der Waals surface area contributed by atoms with Crippen molar-refractivity contribution in [2.75, 3.05) is 25.6 Å². The van der Waals surface area contributed by atoms with Crippen LogP contribution in [-0.2, 0) is 9.53 Å². The van der Waals surface area contributed by atoms with E-state index >= 15 is 0 Å². The number of hydrogen-bond acceptors (Lipinski definition) is 6. The molecular weight excluding hydrogens is 248 g/mol. The minimum atomic E-state index is -0.918. The molecule has 0 saturated carbocycles. The quantitative estimate of drug-likeness (QED) is 0.813. The number of ether oxygens (including phenoxy) is 2. The van der Waals surface area contributed by atoms with Gasteiger partial charge in [0.05, 0.1) is 7.11 Å². The molecule has 0 spiro atoms. The largest absolute Gasteiger partial charge is 0.481 e. The van der Waals surface area contributed by atoms with E-state index in [4.69, 9.17) is 15.2 Å². The van der Waals surface area contributed by atoms with Crippen LogP contribution in [0.15, 0.2) is 6.07 Å². The number of carbonyl (C=O) groups is 1. The minimum Gasteiger partial charge on any atom is -0.481 e. The predicted octanol–water partition coefficient (Wildman–Crippen LogP) is 0.240. The summed E-state index contributed by atoms with van der Waals surface area (Å²) in [5, 5.41) is 2.65. The van der Waals surface area contributed by atoms with E-state index in [1.54, 1.807) is 13.0 Å². The Morgan fingerprint density at radius 1 is 1.47 bits per heavy atom. The second-order valence-corrected chi connectivity index (χ2v) is 4.60. The number of hydrogen-bond donors (Lipinski definition) is 2. The van der Waals surface area contributed by atoms with Gasteiger partial charge in [-0.15, -0.1) is 0 Å². The summed E-state index contributed by atoms with van der Waals surface area (Å²) < 4.78 is 10.2. The molecule has 1 fully saturated rings. The second kappa shape index (κ2) is 5.50. The van der Waals surface area contributed by atoms with Crippen molar-refractivity contribution in [3.63, 3.8) is 0 Å². The van der Waals surface area contributed by atoms with Crippen LogP contribution in [0.2, 0.25) is 0 Å². The fourth-order valence-electron chi connectivity index (χ4n) is 1.89. The molecule has 0 aliphatic carbocycles. The lowest BCUT2D eigenvalue weighted by Crippen LogP contribution is -2.54. The van der Waals surface area contributed by atoms with Crippen molar-refractivity contribution in [2.24, 2.45) is 5.73 Å². The Morgan fingerprint density at radius 2 is 2.16 bits per heavy atom. The van der Waals surface area contributed by atoms with Crippen LogP contribution in [0.3, 0.4) is 0 Å². The number of nitrogens with one attached hydrogen (secondary N) is 1. The van der Waals surface area contributed by atoms with Crippen LogP contribution >= 0.6 is 0 Å². The van der Waals surface area contributed by atoms with Gasteiger partial charge in [0.15, 0.2) is 0 Å². The lowest BCUT2D eigenvalue weighted by molar-refractivity contribution is -0.124. The van der Waals surface area contributed by atoms with Crippen molar-refractivity contribution in [3.05, 3.63) is 11.8 Å². The number of anilines is 1. The summed E-state index contributed by atoms with van der Waals surface area (Å²) in [5.74, 6) is 0.322. The van der Waals surface area contributed by atoms with Gasteiger partial charge in [-0.25, -0.2) is 4.98 Å². The maximum Gasteiger partial charge on any atom is 0.246 e. The Kier molecular flexibility index (Phi) is 3.96. The van der Waals surface area contributed by atoms with Gasteiger partial charge in [-0.2, -0.15) is 4.98 Å². The van der Waals surface area contributed by atoms with Crippen molar-refractivity contribution in [1.29, 1.82) is 0 Å². The fraction of sp³-hybridized carbons (Fsp3) is 0.583. The normalized spacial score (nSPS) is 17.8. The van der Waals surface area contributed by atoms with Crippen LogP contribution in [0.25, 0.3) is 0 Å². The SMILES string of the molecule is COc1cc(C)nc(NC(=O)C2(N)CCOCC2)n1. The molecule has 0 unspecified atom stereocenters. The molecular formula is C12H18N4O3. The van der Waals surface area contributed by atoms with E-state index in [-0.39, 0.29) is 11.9 Å². The van der Waals surface area contributed by atoms with Gasteiger partial charge in [-0.05, 0) is 19.8 Å². The second-order valence-electron chi connectivity index (χ2n) is 4.60. The summed E-state index contributed by atoms with van der Waals surface area (Å²) >= 11 is 0. The van der Waals surface area contributed by atoms with Crippen LogP contribution < -0.4 is 15.8 Å².